The van der Waals surface area contributed by atoms with E-state index in [2.05, 4.69) is 26.7 Å². The average molecular weight is 260 g/mol. The van der Waals surface area contributed by atoms with Gasteiger partial charge < -0.3 is 0 Å². The van der Waals surface area contributed by atoms with Gasteiger partial charge >= 0.3 is 0 Å². The summed E-state index contributed by atoms with van der Waals surface area (Å²) in [6, 6.07) is 0. The van der Waals surface area contributed by atoms with E-state index in [-0.39, 0.29) is 0 Å². The van der Waals surface area contributed by atoms with Crippen LogP contribution in [0.4, 0.5) is 0 Å². The van der Waals surface area contributed by atoms with Crippen molar-refractivity contribution < 1.29 is 0 Å². The molecule has 0 aliphatic heterocycles. The largest absolute Gasteiger partial charge is 0.0999 e. The summed E-state index contributed by atoms with van der Waals surface area (Å²) in [5.74, 6) is 0.585. The van der Waals surface area contributed by atoms with Gasteiger partial charge in [-0.3, -0.25) is 0 Å². The average Bonchev–Trinajstić information content (AvgIpc) is 2.71. The number of rotatable bonds is 10. The maximum atomic E-state index is 4.24. The fourth-order valence-electron chi connectivity index (χ4n) is 3.00. The minimum absolute atomic E-state index is 0.585. The fraction of sp³-hybridized carbons (Fsp3) is 0.684. The lowest BCUT2D eigenvalue weighted by Gasteiger charge is -2.13. The Bertz CT molecular complexity index is 292. The van der Waals surface area contributed by atoms with Crippen LogP contribution in [0.2, 0.25) is 0 Å². The molecule has 0 amide bonds. The monoisotopic (exact) mass is 260 g/mol. The van der Waals surface area contributed by atoms with Gasteiger partial charge in [0.25, 0.3) is 0 Å². The SMILES string of the molecule is C=C(CCCCCCCC)CCC1C(=C)CCC1=C. The Morgan fingerprint density at radius 1 is 0.947 bits per heavy atom. The quantitative estimate of drug-likeness (QED) is 0.307. The molecule has 0 saturated heterocycles. The normalized spacial score (nSPS) is 16.3. The lowest BCUT2D eigenvalue weighted by atomic mass is 9.92. The van der Waals surface area contributed by atoms with Crippen LogP contribution in [-0.2, 0) is 0 Å². The smallest absolute Gasteiger partial charge is 0.000481 e. The van der Waals surface area contributed by atoms with Gasteiger partial charge in [-0.2, -0.15) is 0 Å². The third-order valence-electron chi connectivity index (χ3n) is 4.42. The molecule has 1 fully saturated rings. The first-order valence-electron chi connectivity index (χ1n) is 8.17. The highest BCUT2D eigenvalue weighted by Gasteiger charge is 2.22. The predicted octanol–water partition coefficient (Wildman–Crippen LogP) is 6.60. The summed E-state index contributed by atoms with van der Waals surface area (Å²) < 4.78 is 0. The molecule has 1 saturated carbocycles. The van der Waals surface area contributed by atoms with Crippen LogP contribution < -0.4 is 0 Å². The first kappa shape index (κ1) is 16.3. The highest BCUT2D eigenvalue weighted by Crippen LogP contribution is 2.37. The fourth-order valence-corrected chi connectivity index (χ4v) is 3.00. The van der Waals surface area contributed by atoms with Crippen molar-refractivity contribution in [1.82, 2.24) is 0 Å². The van der Waals surface area contributed by atoms with Crippen LogP contribution in [0.3, 0.4) is 0 Å². The summed E-state index contributed by atoms with van der Waals surface area (Å²) in [4.78, 5) is 0. The molecule has 0 aromatic carbocycles. The van der Waals surface area contributed by atoms with E-state index < -0.39 is 0 Å². The van der Waals surface area contributed by atoms with E-state index in [0.717, 1.165) is 19.3 Å². The Morgan fingerprint density at radius 2 is 1.53 bits per heavy atom. The summed E-state index contributed by atoms with van der Waals surface area (Å²) in [5.41, 5.74) is 4.23. The molecule has 19 heavy (non-hydrogen) atoms. The van der Waals surface area contributed by atoms with Gasteiger partial charge in [-0.25, -0.2) is 0 Å². The second kappa shape index (κ2) is 9.18. The second-order valence-corrected chi connectivity index (χ2v) is 6.18. The van der Waals surface area contributed by atoms with Gasteiger partial charge in [-0.15, -0.1) is 0 Å². The predicted molar refractivity (Wildman–Crippen MR) is 87.4 cm³/mol. The van der Waals surface area contributed by atoms with E-state index in [0.29, 0.717) is 5.92 Å². The highest BCUT2D eigenvalue weighted by atomic mass is 14.3. The maximum Gasteiger partial charge on any atom is 0.000481 e. The summed E-state index contributed by atoms with van der Waals surface area (Å²) in [5, 5.41) is 0. The molecular formula is C19H32. The number of unbranched alkanes of at least 4 members (excludes halogenated alkanes) is 5. The standard InChI is InChI=1S/C19H32/c1-5-6-7-8-9-10-11-16(2)12-15-19-17(3)13-14-18(19)4/h19H,2-15H2,1H3. The van der Waals surface area contributed by atoms with Crippen molar-refractivity contribution in [2.45, 2.75) is 77.6 Å². The topological polar surface area (TPSA) is 0 Å². The zero-order valence-corrected chi connectivity index (χ0v) is 13.0. The molecule has 0 aromatic heterocycles. The first-order valence-corrected chi connectivity index (χ1v) is 8.17. The van der Waals surface area contributed by atoms with Crippen molar-refractivity contribution in [1.29, 1.82) is 0 Å². The van der Waals surface area contributed by atoms with Crippen molar-refractivity contribution in [3.05, 3.63) is 36.5 Å². The summed E-state index contributed by atoms with van der Waals surface area (Å²) in [7, 11) is 0. The molecule has 0 unspecified atom stereocenters. The van der Waals surface area contributed by atoms with Crippen molar-refractivity contribution >= 4 is 0 Å². The molecule has 0 spiro atoms. The van der Waals surface area contributed by atoms with Crippen LogP contribution in [0.1, 0.15) is 77.6 Å². The van der Waals surface area contributed by atoms with Crippen LogP contribution >= 0.6 is 0 Å². The molecule has 0 aromatic rings. The van der Waals surface area contributed by atoms with Crippen molar-refractivity contribution in [2.75, 3.05) is 0 Å². The Balaban J connectivity index is 2.05. The summed E-state index contributed by atoms with van der Waals surface area (Å²) >= 11 is 0. The van der Waals surface area contributed by atoms with Gasteiger partial charge in [-0.1, -0.05) is 75.5 Å². The van der Waals surface area contributed by atoms with Gasteiger partial charge in [0.05, 0.1) is 0 Å². The molecule has 1 aliphatic rings. The minimum atomic E-state index is 0.585. The van der Waals surface area contributed by atoms with E-state index in [9.17, 15) is 0 Å². The number of allylic oxidation sites excluding steroid dienone is 3. The lowest BCUT2D eigenvalue weighted by Crippen LogP contribution is -1.99. The highest BCUT2D eigenvalue weighted by molar-refractivity contribution is 5.24. The molecule has 0 N–H and O–H groups in total. The van der Waals surface area contributed by atoms with Gasteiger partial charge in [0.15, 0.2) is 0 Å². The van der Waals surface area contributed by atoms with E-state index >= 15 is 0 Å². The van der Waals surface area contributed by atoms with Crippen molar-refractivity contribution in [3.63, 3.8) is 0 Å². The maximum absolute atomic E-state index is 4.24. The second-order valence-electron chi connectivity index (χ2n) is 6.18. The summed E-state index contributed by atoms with van der Waals surface area (Å²) in [6.07, 6.45) is 14.1. The number of hydrogen-bond acceptors (Lipinski definition) is 0. The summed E-state index contributed by atoms with van der Waals surface area (Å²) in [6.45, 7) is 14.9. The Morgan fingerprint density at radius 3 is 2.16 bits per heavy atom. The lowest BCUT2D eigenvalue weighted by molar-refractivity contribution is 0.592. The van der Waals surface area contributed by atoms with Crippen molar-refractivity contribution in [2.24, 2.45) is 5.92 Å². The number of hydrogen-bond donors (Lipinski definition) is 0. The van der Waals surface area contributed by atoms with Gasteiger partial charge in [0.1, 0.15) is 0 Å². The molecule has 0 atom stereocenters. The molecule has 1 aliphatic carbocycles. The molecule has 0 heterocycles. The van der Waals surface area contributed by atoms with E-state index in [4.69, 9.17) is 0 Å². The molecule has 108 valence electrons. The van der Waals surface area contributed by atoms with Crippen LogP contribution in [0.15, 0.2) is 36.5 Å². The zero-order valence-electron chi connectivity index (χ0n) is 13.0. The molecular weight excluding hydrogens is 228 g/mol. The van der Waals surface area contributed by atoms with E-state index in [1.165, 1.54) is 68.1 Å². The Kier molecular flexibility index (Phi) is 7.86. The van der Waals surface area contributed by atoms with Crippen LogP contribution in [0.5, 0.6) is 0 Å². The van der Waals surface area contributed by atoms with Crippen LogP contribution in [0, 0.1) is 5.92 Å². The molecule has 0 bridgehead atoms. The first-order chi connectivity index (χ1) is 9.15. The van der Waals surface area contributed by atoms with Crippen molar-refractivity contribution in [3.8, 4) is 0 Å². The third kappa shape index (κ3) is 6.27. The van der Waals surface area contributed by atoms with E-state index in [1.807, 2.05) is 0 Å². The van der Waals surface area contributed by atoms with Gasteiger partial charge in [-0.05, 0) is 38.5 Å². The molecule has 1 rings (SSSR count). The molecule has 0 radical (unpaired) electrons. The Hall–Kier alpha value is -0.780. The van der Waals surface area contributed by atoms with Gasteiger partial charge in [0.2, 0.25) is 0 Å². The van der Waals surface area contributed by atoms with Gasteiger partial charge in [0, 0.05) is 5.92 Å². The Labute approximate surface area is 120 Å². The van der Waals surface area contributed by atoms with Crippen LogP contribution in [0.25, 0.3) is 0 Å². The molecule has 0 nitrogen and oxygen atoms in total. The third-order valence-corrected chi connectivity index (χ3v) is 4.42. The van der Waals surface area contributed by atoms with Crippen LogP contribution in [-0.4, -0.2) is 0 Å². The van der Waals surface area contributed by atoms with E-state index in [1.54, 1.807) is 0 Å². The minimum Gasteiger partial charge on any atom is -0.0999 e. The zero-order chi connectivity index (χ0) is 14.1. The molecule has 0 heteroatoms.